The van der Waals surface area contributed by atoms with Crippen LogP contribution in [-0.4, -0.2) is 12.4 Å². The second kappa shape index (κ2) is 11.8. The van der Waals surface area contributed by atoms with Crippen molar-refractivity contribution in [1.29, 1.82) is 0 Å². The maximum Gasteiger partial charge on any atom is 0.394 e. The lowest BCUT2D eigenvalue weighted by atomic mass is 9.67. The zero-order valence-electron chi connectivity index (χ0n) is 26.2. The summed E-state index contributed by atoms with van der Waals surface area (Å²) in [6.07, 6.45) is 3.99. The molecule has 0 aliphatic heterocycles. The van der Waals surface area contributed by atoms with Crippen LogP contribution in [0.1, 0.15) is 98.3 Å². The Morgan fingerprint density at radius 2 is 1.43 bits per heavy atom. The van der Waals surface area contributed by atoms with E-state index in [4.69, 9.17) is 0 Å². The van der Waals surface area contributed by atoms with Crippen molar-refractivity contribution in [3.63, 3.8) is 0 Å². The Morgan fingerprint density at radius 1 is 0.786 bits per heavy atom. The molecule has 0 aromatic carbocycles. The average Bonchev–Trinajstić information content (AvgIpc) is 3.37. The first-order valence-electron chi connectivity index (χ1n) is 17.0. The topological polar surface area (TPSA) is 0 Å². The molecular formula is C36H54F6. The maximum absolute atomic E-state index is 14.0. The van der Waals surface area contributed by atoms with Crippen LogP contribution in [-0.2, 0) is 0 Å². The minimum atomic E-state index is -4.14. The predicted octanol–water partition coefficient (Wildman–Crippen LogP) is 11.5. The molecule has 0 nitrogen and oxygen atoms in total. The molecule has 0 amide bonds. The molecule has 5 fully saturated rings. The van der Waals surface area contributed by atoms with Crippen molar-refractivity contribution < 1.29 is 26.3 Å². The minimum Gasteiger partial charge on any atom is -0.171 e. The summed E-state index contributed by atoms with van der Waals surface area (Å²) in [5.74, 6) is 2.00. The van der Waals surface area contributed by atoms with E-state index in [-0.39, 0.29) is 36.0 Å². The van der Waals surface area contributed by atoms with Crippen LogP contribution in [0.4, 0.5) is 26.3 Å². The van der Waals surface area contributed by atoms with Gasteiger partial charge in [-0.3, -0.25) is 0 Å². The van der Waals surface area contributed by atoms with Crippen LogP contribution >= 0.6 is 0 Å². The molecule has 42 heavy (non-hydrogen) atoms. The smallest absolute Gasteiger partial charge is 0.171 e. The van der Waals surface area contributed by atoms with E-state index < -0.39 is 23.7 Å². The normalized spacial score (nSPS) is 43.3. The van der Waals surface area contributed by atoms with Crippen LogP contribution in [0, 0.1) is 88.3 Å². The van der Waals surface area contributed by atoms with E-state index in [2.05, 4.69) is 33.9 Å². The zero-order chi connectivity index (χ0) is 30.8. The molecule has 5 aliphatic rings. The minimum absolute atomic E-state index is 0.190. The fraction of sp³-hybridized carbons (Fsp3) is 0.889. The second-order valence-electron chi connectivity index (χ2n) is 16.0. The Kier molecular flexibility index (Phi) is 9.09. The summed E-state index contributed by atoms with van der Waals surface area (Å²) in [7, 11) is 0. The van der Waals surface area contributed by atoms with E-state index in [1.165, 1.54) is 6.92 Å². The molecule has 11 unspecified atom stereocenters. The fourth-order valence-corrected chi connectivity index (χ4v) is 11.2. The Balaban J connectivity index is 1.18. The summed E-state index contributed by atoms with van der Waals surface area (Å²) in [6, 6.07) is 0. The third kappa shape index (κ3) is 5.88. The van der Waals surface area contributed by atoms with Gasteiger partial charge in [-0.05, 0) is 141 Å². The lowest BCUT2D eigenvalue weighted by molar-refractivity contribution is -0.231. The van der Waals surface area contributed by atoms with Gasteiger partial charge in [0.2, 0.25) is 0 Å². The average molecular weight is 601 g/mol. The Morgan fingerprint density at radius 3 is 2.05 bits per heavy atom. The molecule has 0 aromatic rings. The summed E-state index contributed by atoms with van der Waals surface area (Å²) < 4.78 is 84.0. The highest BCUT2D eigenvalue weighted by Crippen LogP contribution is 2.68. The van der Waals surface area contributed by atoms with E-state index in [0.717, 1.165) is 38.5 Å². The first kappa shape index (κ1) is 32.5. The molecule has 0 spiro atoms. The molecule has 5 rings (SSSR count). The van der Waals surface area contributed by atoms with Gasteiger partial charge in [-0.25, -0.2) is 0 Å². The van der Waals surface area contributed by atoms with E-state index in [9.17, 15) is 26.3 Å². The van der Waals surface area contributed by atoms with Crippen LogP contribution in [0.25, 0.3) is 0 Å². The van der Waals surface area contributed by atoms with Crippen LogP contribution in [0.3, 0.4) is 0 Å². The second-order valence-corrected chi connectivity index (χ2v) is 16.0. The van der Waals surface area contributed by atoms with E-state index >= 15 is 0 Å². The molecule has 240 valence electrons. The quantitative estimate of drug-likeness (QED) is 0.173. The van der Waals surface area contributed by atoms with Crippen molar-refractivity contribution in [3.05, 3.63) is 25.3 Å². The van der Waals surface area contributed by atoms with Gasteiger partial charge in [-0.2, -0.15) is 26.3 Å². The van der Waals surface area contributed by atoms with Gasteiger partial charge in [0.1, 0.15) is 0 Å². The third-order valence-corrected chi connectivity index (χ3v) is 14.2. The van der Waals surface area contributed by atoms with E-state index in [0.29, 0.717) is 73.0 Å². The molecule has 0 saturated heterocycles. The van der Waals surface area contributed by atoms with Crippen LogP contribution in [0.5, 0.6) is 0 Å². The number of alkyl halides is 6. The summed E-state index contributed by atoms with van der Waals surface area (Å²) in [4.78, 5) is 0. The van der Waals surface area contributed by atoms with Gasteiger partial charge in [-0.1, -0.05) is 46.3 Å². The Hall–Kier alpha value is -0.940. The maximum atomic E-state index is 14.0. The zero-order valence-corrected chi connectivity index (χ0v) is 26.2. The Bertz CT molecular complexity index is 967. The van der Waals surface area contributed by atoms with E-state index in [1.54, 1.807) is 0 Å². The van der Waals surface area contributed by atoms with Gasteiger partial charge in [0.05, 0.1) is 11.3 Å². The van der Waals surface area contributed by atoms with Gasteiger partial charge >= 0.3 is 12.4 Å². The monoisotopic (exact) mass is 600 g/mol. The summed E-state index contributed by atoms with van der Waals surface area (Å²) in [6.45, 7) is 16.5. The molecule has 5 aliphatic carbocycles. The third-order valence-electron chi connectivity index (χ3n) is 14.2. The first-order valence-corrected chi connectivity index (χ1v) is 17.0. The van der Waals surface area contributed by atoms with Crippen LogP contribution in [0.2, 0.25) is 0 Å². The Labute approximate surface area is 250 Å². The SMILES string of the molecule is C=CC(CC(C)C1CC2C3CCC[C@H](C(F)(F)F)C(C1)[C@@H]32)C(C=C)CC(C)C(C)C1CC2CC[C@@](C)(C(F)(F)F)[C@H]2C1. The molecule has 0 N–H and O–H groups in total. The highest BCUT2D eigenvalue weighted by Gasteiger charge is 2.64. The van der Waals surface area contributed by atoms with Gasteiger partial charge in [-0.15, -0.1) is 13.2 Å². The molecule has 15 atom stereocenters. The van der Waals surface area contributed by atoms with Crippen molar-refractivity contribution in [3.8, 4) is 0 Å². The molecule has 0 heterocycles. The van der Waals surface area contributed by atoms with Gasteiger partial charge < -0.3 is 0 Å². The molecule has 6 heteroatoms. The number of hydrogen-bond donors (Lipinski definition) is 0. The van der Waals surface area contributed by atoms with Crippen molar-refractivity contribution in [2.45, 2.75) is 111 Å². The predicted molar refractivity (Wildman–Crippen MR) is 157 cm³/mol. The number of rotatable bonds is 10. The van der Waals surface area contributed by atoms with Crippen molar-refractivity contribution >= 4 is 0 Å². The standard InChI is InChI=1S/C36H54F6/c1-7-23(14-20(3)22(5)27-16-25-12-13-34(6,32(25)19-27)36(40,41)42)24(8-2)15-21(4)26-17-29-28-10-9-11-31(35(37,38)39)30(18-26)33(28)29/h7-8,20-33H,1-2,9-19H2,3-6H3/t20?,21?,22?,23?,24?,25?,26?,27?,28?,29?,30?,31-,32-,33-,34+/m0/s1. The molecular weight excluding hydrogens is 546 g/mol. The number of hydrogen-bond acceptors (Lipinski definition) is 0. The summed E-state index contributed by atoms with van der Waals surface area (Å²) in [5, 5.41) is 0. The summed E-state index contributed by atoms with van der Waals surface area (Å²) >= 11 is 0. The first-order chi connectivity index (χ1) is 19.6. The largest absolute Gasteiger partial charge is 0.394 e. The highest BCUT2D eigenvalue weighted by molar-refractivity contribution is 5.09. The molecule has 0 radical (unpaired) electrons. The fourth-order valence-electron chi connectivity index (χ4n) is 11.2. The lowest BCUT2D eigenvalue weighted by Gasteiger charge is -2.39. The van der Waals surface area contributed by atoms with Gasteiger partial charge in [0.15, 0.2) is 0 Å². The van der Waals surface area contributed by atoms with Gasteiger partial charge in [0, 0.05) is 0 Å². The lowest BCUT2D eigenvalue weighted by Crippen LogP contribution is -2.39. The van der Waals surface area contributed by atoms with Crippen molar-refractivity contribution in [1.82, 2.24) is 0 Å². The highest BCUT2D eigenvalue weighted by atomic mass is 19.4. The number of fused-ring (bicyclic) bond motifs is 2. The van der Waals surface area contributed by atoms with Gasteiger partial charge in [0.25, 0.3) is 0 Å². The molecule has 0 aromatic heterocycles. The number of halogens is 6. The molecule has 5 saturated carbocycles. The molecule has 0 bridgehead atoms. The van der Waals surface area contributed by atoms with Crippen molar-refractivity contribution in [2.24, 2.45) is 88.3 Å². The van der Waals surface area contributed by atoms with E-state index in [1.807, 2.05) is 12.2 Å². The number of allylic oxidation sites excluding steroid dienone is 2. The van der Waals surface area contributed by atoms with Crippen LogP contribution < -0.4 is 0 Å². The van der Waals surface area contributed by atoms with Crippen molar-refractivity contribution in [2.75, 3.05) is 0 Å². The van der Waals surface area contributed by atoms with Crippen LogP contribution in [0.15, 0.2) is 25.3 Å². The summed E-state index contributed by atoms with van der Waals surface area (Å²) in [5.41, 5.74) is -1.54.